The molecular weight excluding hydrogens is 431 g/mol. The van der Waals surface area contributed by atoms with E-state index in [1.807, 2.05) is 12.1 Å². The van der Waals surface area contributed by atoms with Gasteiger partial charge in [-0.1, -0.05) is 12.1 Å². The van der Waals surface area contributed by atoms with Crippen LogP contribution < -0.4 is 10.6 Å². The third-order valence-electron chi connectivity index (χ3n) is 4.23. The van der Waals surface area contributed by atoms with Gasteiger partial charge in [-0.2, -0.15) is 5.10 Å². The topological polar surface area (TPSA) is 76.4 Å². The van der Waals surface area contributed by atoms with Crippen LogP contribution in [0.2, 0.25) is 0 Å². The van der Waals surface area contributed by atoms with E-state index in [9.17, 15) is 0 Å². The predicted octanol–water partition coefficient (Wildman–Crippen LogP) is 2.12. The molecule has 1 aromatic heterocycles. The van der Waals surface area contributed by atoms with Crippen molar-refractivity contribution in [1.82, 2.24) is 25.4 Å². The third kappa shape index (κ3) is 5.40. The largest absolute Gasteiger partial charge is 0.373 e. The Morgan fingerprint density at radius 2 is 2.12 bits per heavy atom. The molecule has 1 unspecified atom stereocenters. The fourth-order valence-electron chi connectivity index (χ4n) is 2.76. The Labute approximate surface area is 165 Å². The summed E-state index contributed by atoms with van der Waals surface area (Å²) in [6.45, 7) is 4.46. The van der Waals surface area contributed by atoms with E-state index in [-0.39, 0.29) is 29.6 Å². The standard InChI is InChI=1S/C17H24N6O.HI/c1-17(8-3-9-24-17)11-21-16(18-2)20-10-14-4-6-15(7-5-14)23-13-19-12-22-23;/h4-7,12-13H,3,8-11H2,1-2H3,(H2,18,20,21);1H. The van der Waals surface area contributed by atoms with Gasteiger partial charge in [0.25, 0.3) is 0 Å². The number of ether oxygens (including phenoxy) is 1. The highest BCUT2D eigenvalue weighted by Gasteiger charge is 2.29. The first-order chi connectivity index (χ1) is 11.7. The average Bonchev–Trinajstić information content (AvgIpc) is 3.28. The van der Waals surface area contributed by atoms with Crippen molar-refractivity contribution in [2.75, 3.05) is 20.2 Å². The monoisotopic (exact) mass is 456 g/mol. The SMILES string of the molecule is CN=C(NCc1ccc(-n2cncn2)cc1)NCC1(C)CCCO1.I. The number of hydrogen-bond acceptors (Lipinski definition) is 4. The summed E-state index contributed by atoms with van der Waals surface area (Å²) in [5, 5.41) is 10.8. The molecule has 1 saturated heterocycles. The first-order valence-corrected chi connectivity index (χ1v) is 8.21. The molecule has 1 aromatic carbocycles. The number of hydrogen-bond donors (Lipinski definition) is 2. The van der Waals surface area contributed by atoms with Crippen molar-refractivity contribution in [3.63, 3.8) is 0 Å². The van der Waals surface area contributed by atoms with Gasteiger partial charge in [-0.3, -0.25) is 4.99 Å². The molecule has 0 saturated carbocycles. The first-order valence-electron chi connectivity index (χ1n) is 8.21. The number of rotatable bonds is 5. The molecular formula is C17H25IN6O. The fourth-order valence-corrected chi connectivity index (χ4v) is 2.76. The summed E-state index contributed by atoms with van der Waals surface area (Å²) >= 11 is 0. The fraction of sp³-hybridized carbons (Fsp3) is 0.471. The van der Waals surface area contributed by atoms with Crippen LogP contribution in [0.1, 0.15) is 25.3 Å². The Morgan fingerprint density at radius 1 is 1.32 bits per heavy atom. The zero-order valence-electron chi connectivity index (χ0n) is 14.6. The molecule has 0 radical (unpaired) electrons. The molecule has 1 aliphatic heterocycles. The molecule has 2 aromatic rings. The van der Waals surface area contributed by atoms with Crippen LogP contribution in [0.4, 0.5) is 0 Å². The van der Waals surface area contributed by atoms with Gasteiger partial charge in [0.2, 0.25) is 0 Å². The number of guanidine groups is 1. The van der Waals surface area contributed by atoms with Gasteiger partial charge >= 0.3 is 0 Å². The molecule has 3 rings (SSSR count). The molecule has 1 fully saturated rings. The van der Waals surface area contributed by atoms with E-state index in [1.165, 1.54) is 11.9 Å². The molecule has 0 aliphatic carbocycles. The number of nitrogens with zero attached hydrogens (tertiary/aromatic N) is 4. The van der Waals surface area contributed by atoms with Crippen LogP contribution >= 0.6 is 24.0 Å². The van der Waals surface area contributed by atoms with E-state index in [0.29, 0.717) is 6.54 Å². The van der Waals surface area contributed by atoms with E-state index in [4.69, 9.17) is 4.74 Å². The van der Waals surface area contributed by atoms with Crippen LogP contribution in [0.3, 0.4) is 0 Å². The van der Waals surface area contributed by atoms with Crippen molar-refractivity contribution in [3.05, 3.63) is 42.5 Å². The van der Waals surface area contributed by atoms with Gasteiger partial charge in [-0.15, -0.1) is 24.0 Å². The van der Waals surface area contributed by atoms with E-state index in [1.54, 1.807) is 18.1 Å². The lowest BCUT2D eigenvalue weighted by molar-refractivity contribution is 0.0243. The second kappa shape index (κ2) is 9.14. The predicted molar refractivity (Wildman–Crippen MR) is 109 cm³/mol. The summed E-state index contributed by atoms with van der Waals surface area (Å²) in [6.07, 6.45) is 5.42. The van der Waals surface area contributed by atoms with Crippen molar-refractivity contribution in [1.29, 1.82) is 0 Å². The van der Waals surface area contributed by atoms with Gasteiger partial charge in [-0.25, -0.2) is 9.67 Å². The number of nitrogens with one attached hydrogen (secondary N) is 2. The van der Waals surface area contributed by atoms with Crippen LogP contribution in [0.5, 0.6) is 0 Å². The number of aromatic nitrogens is 3. The summed E-state index contributed by atoms with van der Waals surface area (Å²) in [5.41, 5.74) is 2.08. The lowest BCUT2D eigenvalue weighted by Crippen LogP contribution is -2.45. The van der Waals surface area contributed by atoms with Crippen LogP contribution in [-0.4, -0.2) is 46.5 Å². The molecule has 7 nitrogen and oxygen atoms in total. The molecule has 1 atom stereocenters. The van der Waals surface area contributed by atoms with Gasteiger partial charge in [-0.05, 0) is 37.5 Å². The summed E-state index contributed by atoms with van der Waals surface area (Å²) in [5.74, 6) is 0.784. The summed E-state index contributed by atoms with van der Waals surface area (Å²) in [7, 11) is 1.78. The van der Waals surface area contributed by atoms with Crippen LogP contribution in [0.25, 0.3) is 5.69 Å². The lowest BCUT2D eigenvalue weighted by Gasteiger charge is -2.24. The normalized spacial score (nSPS) is 20.2. The van der Waals surface area contributed by atoms with Crippen LogP contribution in [0.15, 0.2) is 41.9 Å². The van der Waals surface area contributed by atoms with E-state index >= 15 is 0 Å². The summed E-state index contributed by atoms with van der Waals surface area (Å²) < 4.78 is 7.52. The zero-order chi connectivity index (χ0) is 16.8. The van der Waals surface area contributed by atoms with Gasteiger partial charge in [0.15, 0.2) is 5.96 Å². The van der Waals surface area contributed by atoms with Gasteiger partial charge < -0.3 is 15.4 Å². The molecule has 2 N–H and O–H groups in total. The molecule has 8 heteroatoms. The Bertz CT molecular complexity index is 665. The van der Waals surface area contributed by atoms with Gasteiger partial charge in [0.1, 0.15) is 12.7 Å². The van der Waals surface area contributed by atoms with Crippen molar-refractivity contribution in [3.8, 4) is 5.69 Å². The highest BCUT2D eigenvalue weighted by molar-refractivity contribution is 14.0. The highest BCUT2D eigenvalue weighted by atomic mass is 127. The second-order valence-corrected chi connectivity index (χ2v) is 6.19. The maximum atomic E-state index is 5.79. The third-order valence-corrected chi connectivity index (χ3v) is 4.23. The van der Waals surface area contributed by atoms with E-state index in [2.05, 4.69) is 44.8 Å². The van der Waals surface area contributed by atoms with Crippen molar-refractivity contribution >= 4 is 29.9 Å². The van der Waals surface area contributed by atoms with Crippen LogP contribution in [-0.2, 0) is 11.3 Å². The minimum absolute atomic E-state index is 0. The van der Waals surface area contributed by atoms with Crippen molar-refractivity contribution < 1.29 is 4.74 Å². The molecule has 136 valence electrons. The minimum atomic E-state index is -0.0862. The van der Waals surface area contributed by atoms with Gasteiger partial charge in [0, 0.05) is 26.7 Å². The first kappa shape index (κ1) is 19.6. The molecule has 0 amide bonds. The Kier molecular flexibility index (Phi) is 7.18. The number of aliphatic imine (C=N–C) groups is 1. The molecule has 2 heterocycles. The Hall–Kier alpha value is -1.68. The maximum absolute atomic E-state index is 5.79. The van der Waals surface area contributed by atoms with Crippen molar-refractivity contribution in [2.24, 2.45) is 4.99 Å². The maximum Gasteiger partial charge on any atom is 0.191 e. The average molecular weight is 456 g/mol. The molecule has 1 aliphatic rings. The smallest absolute Gasteiger partial charge is 0.191 e. The highest BCUT2D eigenvalue weighted by Crippen LogP contribution is 2.23. The Morgan fingerprint density at radius 3 is 2.72 bits per heavy atom. The summed E-state index contributed by atoms with van der Waals surface area (Å²) in [6, 6.07) is 8.18. The summed E-state index contributed by atoms with van der Waals surface area (Å²) in [4.78, 5) is 8.23. The Balaban J connectivity index is 0.00000225. The molecule has 0 spiro atoms. The lowest BCUT2D eigenvalue weighted by atomic mass is 10.0. The minimum Gasteiger partial charge on any atom is -0.373 e. The second-order valence-electron chi connectivity index (χ2n) is 6.19. The number of halogens is 1. The van der Waals surface area contributed by atoms with E-state index in [0.717, 1.165) is 37.6 Å². The van der Waals surface area contributed by atoms with Crippen LogP contribution in [0, 0.1) is 0 Å². The van der Waals surface area contributed by atoms with Crippen molar-refractivity contribution in [2.45, 2.75) is 31.9 Å². The van der Waals surface area contributed by atoms with Gasteiger partial charge in [0.05, 0.1) is 11.3 Å². The van der Waals surface area contributed by atoms with E-state index < -0.39 is 0 Å². The molecule has 0 bridgehead atoms. The number of benzene rings is 1. The zero-order valence-corrected chi connectivity index (χ0v) is 16.9. The molecule has 25 heavy (non-hydrogen) atoms. The quantitative estimate of drug-likeness (QED) is 0.410.